The summed E-state index contributed by atoms with van der Waals surface area (Å²) in [5.74, 6) is 0. The van der Waals surface area contributed by atoms with E-state index in [1.165, 1.54) is 6.20 Å². The maximum atomic E-state index is 10.6. The second-order valence-electron chi connectivity index (χ2n) is 2.04. The lowest BCUT2D eigenvalue weighted by molar-refractivity contribution is 0.607. The van der Waals surface area contributed by atoms with Gasteiger partial charge in [0.25, 0.3) is 0 Å². The van der Waals surface area contributed by atoms with Gasteiger partial charge in [0.2, 0.25) is 10.0 Å². The highest BCUT2D eigenvalue weighted by Gasteiger charge is 1.99. The molecule has 0 atom stereocenters. The fraction of sp³-hybridized carbons (Fsp3) is 0.167. The quantitative estimate of drug-likeness (QED) is 0.694. The lowest BCUT2D eigenvalue weighted by atomic mass is 10.4. The van der Waals surface area contributed by atoms with Gasteiger partial charge in [-0.3, -0.25) is 9.71 Å². The Labute approximate surface area is 65.3 Å². The normalized spacial score (nSPS) is 11.0. The van der Waals surface area contributed by atoms with Crippen molar-refractivity contribution in [3.05, 3.63) is 24.5 Å². The van der Waals surface area contributed by atoms with Gasteiger partial charge in [-0.05, 0) is 12.1 Å². The molecule has 1 N–H and O–H groups in total. The Morgan fingerprint density at radius 3 is 2.82 bits per heavy atom. The van der Waals surface area contributed by atoms with Crippen LogP contribution < -0.4 is 4.72 Å². The van der Waals surface area contributed by atoms with E-state index in [-0.39, 0.29) is 0 Å². The summed E-state index contributed by atoms with van der Waals surface area (Å²) < 4.78 is 23.5. The molecule has 4 nitrogen and oxygen atoms in total. The first-order chi connectivity index (χ1) is 5.08. The number of nitrogens with one attached hydrogen (secondary N) is 1. The third-order valence-corrected chi connectivity index (χ3v) is 1.49. The van der Waals surface area contributed by atoms with Crippen LogP contribution in [0.4, 0.5) is 5.69 Å². The molecule has 0 bridgehead atoms. The highest BCUT2D eigenvalue weighted by molar-refractivity contribution is 7.92. The molecule has 1 heterocycles. The minimum atomic E-state index is -3.20. The van der Waals surface area contributed by atoms with Crippen molar-refractivity contribution in [3.63, 3.8) is 0 Å². The van der Waals surface area contributed by atoms with Gasteiger partial charge in [-0.25, -0.2) is 8.42 Å². The van der Waals surface area contributed by atoms with Crippen molar-refractivity contribution in [1.29, 1.82) is 0 Å². The molecular formula is C6H7N2O2S. The molecule has 0 aliphatic rings. The van der Waals surface area contributed by atoms with E-state index < -0.39 is 10.0 Å². The summed E-state index contributed by atoms with van der Waals surface area (Å²) in [5.41, 5.74) is 0.356. The Morgan fingerprint density at radius 2 is 2.36 bits per heavy atom. The van der Waals surface area contributed by atoms with Gasteiger partial charge in [-0.2, -0.15) is 0 Å². The molecule has 0 aliphatic carbocycles. The van der Waals surface area contributed by atoms with E-state index in [1.807, 2.05) is 0 Å². The highest BCUT2D eigenvalue weighted by Crippen LogP contribution is 2.02. The summed E-state index contributed by atoms with van der Waals surface area (Å²) in [7, 11) is -3.20. The molecule has 0 saturated heterocycles. The van der Waals surface area contributed by atoms with E-state index in [1.54, 1.807) is 12.1 Å². The van der Waals surface area contributed by atoms with Crippen molar-refractivity contribution < 1.29 is 8.42 Å². The number of anilines is 1. The van der Waals surface area contributed by atoms with Crippen LogP contribution in [0.3, 0.4) is 0 Å². The molecule has 1 aromatic rings. The van der Waals surface area contributed by atoms with Gasteiger partial charge in [0.15, 0.2) is 0 Å². The third-order valence-electron chi connectivity index (χ3n) is 0.904. The summed E-state index contributed by atoms with van der Waals surface area (Å²) in [6, 6.07) is 3.21. The zero-order valence-corrected chi connectivity index (χ0v) is 6.72. The van der Waals surface area contributed by atoms with E-state index in [0.29, 0.717) is 5.69 Å². The van der Waals surface area contributed by atoms with E-state index in [0.717, 1.165) is 6.26 Å². The Morgan fingerprint density at radius 1 is 1.64 bits per heavy atom. The van der Waals surface area contributed by atoms with Crippen LogP contribution in [0.5, 0.6) is 0 Å². The molecule has 0 aliphatic heterocycles. The molecule has 1 rings (SSSR count). The Kier molecular flexibility index (Phi) is 2.09. The van der Waals surface area contributed by atoms with Crippen LogP contribution in [0.2, 0.25) is 0 Å². The molecule has 0 unspecified atom stereocenters. The SMILES string of the molecule is CS(=O)(=O)Nc1[c]nccc1. The largest absolute Gasteiger partial charge is 0.282 e. The molecule has 1 radical (unpaired) electrons. The van der Waals surface area contributed by atoms with Crippen molar-refractivity contribution in [3.8, 4) is 0 Å². The summed E-state index contributed by atoms with van der Waals surface area (Å²) >= 11 is 0. The second kappa shape index (κ2) is 2.87. The molecule has 5 heteroatoms. The number of sulfonamides is 1. The van der Waals surface area contributed by atoms with Gasteiger partial charge in [0, 0.05) is 6.20 Å². The maximum absolute atomic E-state index is 10.6. The summed E-state index contributed by atoms with van der Waals surface area (Å²) in [4.78, 5) is 3.62. The lowest BCUT2D eigenvalue weighted by Gasteiger charge is -1.99. The van der Waals surface area contributed by atoms with Crippen LogP contribution in [0.15, 0.2) is 18.3 Å². The van der Waals surface area contributed by atoms with Gasteiger partial charge in [-0.15, -0.1) is 0 Å². The molecule has 1 aromatic heterocycles. The number of hydrogen-bond acceptors (Lipinski definition) is 3. The second-order valence-corrected chi connectivity index (χ2v) is 3.79. The van der Waals surface area contributed by atoms with Crippen molar-refractivity contribution >= 4 is 15.7 Å². The standard InChI is InChI=1S/C6H7N2O2S/c1-11(9,10)8-6-3-2-4-7-5-6/h2-4,8H,1H3. The average molecular weight is 171 g/mol. The first kappa shape index (κ1) is 8.00. The van der Waals surface area contributed by atoms with Gasteiger partial charge < -0.3 is 0 Å². The molecule has 0 saturated carbocycles. The molecule has 0 amide bonds. The topological polar surface area (TPSA) is 59.1 Å². The Bertz CT molecular complexity index is 320. The lowest BCUT2D eigenvalue weighted by Crippen LogP contribution is -2.09. The molecular weight excluding hydrogens is 164 g/mol. The van der Waals surface area contributed by atoms with Gasteiger partial charge in [0.1, 0.15) is 6.20 Å². The fourth-order valence-electron chi connectivity index (χ4n) is 0.583. The zero-order chi connectivity index (χ0) is 8.32. The van der Waals surface area contributed by atoms with Gasteiger partial charge >= 0.3 is 0 Å². The predicted octanol–water partition coefficient (Wildman–Crippen LogP) is 0.253. The zero-order valence-electron chi connectivity index (χ0n) is 5.90. The molecule has 59 valence electrons. The summed E-state index contributed by atoms with van der Waals surface area (Å²) in [6.07, 6.45) is 5.08. The average Bonchev–Trinajstić information content (AvgIpc) is 1.85. The molecule has 11 heavy (non-hydrogen) atoms. The van der Waals surface area contributed by atoms with Crippen molar-refractivity contribution in [2.45, 2.75) is 0 Å². The molecule has 0 aromatic carbocycles. The first-order valence-corrected chi connectivity index (χ1v) is 4.77. The smallest absolute Gasteiger partial charge is 0.229 e. The number of aromatic nitrogens is 1. The summed E-state index contributed by atoms with van der Waals surface area (Å²) in [6.45, 7) is 0. The minimum absolute atomic E-state index is 0.356. The summed E-state index contributed by atoms with van der Waals surface area (Å²) in [5, 5.41) is 0. The van der Waals surface area contributed by atoms with E-state index in [9.17, 15) is 8.42 Å². The highest BCUT2D eigenvalue weighted by atomic mass is 32.2. The number of hydrogen-bond donors (Lipinski definition) is 1. The van der Waals surface area contributed by atoms with Crippen LogP contribution in [-0.2, 0) is 10.0 Å². The Balaban J connectivity index is 2.82. The van der Waals surface area contributed by atoms with Crippen LogP contribution in [-0.4, -0.2) is 19.7 Å². The van der Waals surface area contributed by atoms with Crippen LogP contribution in [0.25, 0.3) is 0 Å². The van der Waals surface area contributed by atoms with Crippen LogP contribution in [0.1, 0.15) is 0 Å². The number of nitrogens with zero attached hydrogens (tertiary/aromatic N) is 1. The first-order valence-electron chi connectivity index (χ1n) is 2.88. The van der Waals surface area contributed by atoms with Gasteiger partial charge in [0.05, 0.1) is 11.9 Å². The molecule has 0 spiro atoms. The monoisotopic (exact) mass is 171 g/mol. The van der Waals surface area contributed by atoms with Crippen LogP contribution >= 0.6 is 0 Å². The maximum Gasteiger partial charge on any atom is 0.229 e. The van der Waals surface area contributed by atoms with Crippen molar-refractivity contribution in [2.75, 3.05) is 11.0 Å². The van der Waals surface area contributed by atoms with E-state index in [4.69, 9.17) is 0 Å². The van der Waals surface area contributed by atoms with Crippen LogP contribution in [0, 0.1) is 6.20 Å². The van der Waals surface area contributed by atoms with Gasteiger partial charge in [-0.1, -0.05) is 0 Å². The predicted molar refractivity (Wildman–Crippen MR) is 41.5 cm³/mol. The van der Waals surface area contributed by atoms with Crippen molar-refractivity contribution in [2.24, 2.45) is 0 Å². The number of pyridine rings is 1. The third kappa shape index (κ3) is 2.99. The molecule has 0 fully saturated rings. The number of rotatable bonds is 2. The van der Waals surface area contributed by atoms with Crippen molar-refractivity contribution in [1.82, 2.24) is 4.98 Å². The van der Waals surface area contributed by atoms with E-state index in [2.05, 4.69) is 15.9 Å². The van der Waals surface area contributed by atoms with E-state index >= 15 is 0 Å². The minimum Gasteiger partial charge on any atom is -0.282 e. The Hall–Kier alpha value is -1.10. The fourth-order valence-corrected chi connectivity index (χ4v) is 1.10.